The van der Waals surface area contributed by atoms with Crippen LogP contribution in [0.5, 0.6) is 0 Å². The van der Waals surface area contributed by atoms with Crippen molar-refractivity contribution in [1.29, 1.82) is 0 Å². The van der Waals surface area contributed by atoms with Crippen LogP contribution in [0.2, 0.25) is 0 Å². The minimum absolute atomic E-state index is 0.134. The number of rotatable bonds is 3. The number of anilines is 1. The van der Waals surface area contributed by atoms with Crippen LogP contribution in [0.4, 0.5) is 14.5 Å². The number of hydrogen-bond donors (Lipinski definition) is 1. The molecule has 13 heavy (non-hydrogen) atoms. The Morgan fingerprint density at radius 3 is 2.85 bits per heavy atom. The van der Waals surface area contributed by atoms with Crippen LogP contribution in [-0.2, 0) is 0 Å². The van der Waals surface area contributed by atoms with Gasteiger partial charge in [0.25, 0.3) is 0 Å². The first-order chi connectivity index (χ1) is 6.25. The normalized spacial score (nSPS) is 10.7. The van der Waals surface area contributed by atoms with Crippen molar-refractivity contribution < 1.29 is 8.78 Å². The van der Waals surface area contributed by atoms with Gasteiger partial charge in [-0.1, -0.05) is 23.7 Å². The summed E-state index contributed by atoms with van der Waals surface area (Å²) in [5.41, 5.74) is 1.44. The Hall–Kier alpha value is -1.09. The Kier molecular flexibility index (Phi) is 3.71. The molecule has 0 heterocycles. The van der Waals surface area contributed by atoms with Crippen molar-refractivity contribution in [3.8, 4) is 0 Å². The maximum Gasteiger partial charge on any atom is 0.181 e. The van der Waals surface area contributed by atoms with Crippen molar-refractivity contribution in [3.05, 3.63) is 41.4 Å². The van der Waals surface area contributed by atoms with Gasteiger partial charge in [0.05, 0.1) is 5.69 Å². The maximum absolute atomic E-state index is 12.9. The molecule has 1 aromatic rings. The first-order valence-electron chi connectivity index (χ1n) is 3.69. The molecule has 1 rings (SSSR count). The van der Waals surface area contributed by atoms with E-state index in [1.807, 2.05) is 0 Å². The smallest absolute Gasteiger partial charge is 0.181 e. The van der Waals surface area contributed by atoms with E-state index < -0.39 is 11.6 Å². The van der Waals surface area contributed by atoms with Crippen LogP contribution in [0.25, 0.3) is 0 Å². The molecule has 70 valence electrons. The predicted molar refractivity (Wildman–Crippen MR) is 49.8 cm³/mol. The van der Waals surface area contributed by atoms with E-state index in [4.69, 9.17) is 11.6 Å². The average molecular weight is 204 g/mol. The lowest BCUT2D eigenvalue weighted by Gasteiger charge is -2.04. The molecule has 4 heteroatoms. The molecule has 0 fully saturated rings. The molecule has 1 N–H and O–H groups in total. The molecule has 0 aromatic heterocycles. The molecule has 0 radical (unpaired) electrons. The summed E-state index contributed by atoms with van der Waals surface area (Å²) in [5.74, 6) is -1.73. The SMILES string of the molecule is Fc1cccc(NC/C=C/Cl)c1F. The van der Waals surface area contributed by atoms with E-state index in [2.05, 4.69) is 5.32 Å². The summed E-state index contributed by atoms with van der Waals surface area (Å²) in [6, 6.07) is 3.96. The number of halogens is 3. The van der Waals surface area contributed by atoms with Crippen molar-refractivity contribution in [2.45, 2.75) is 0 Å². The summed E-state index contributed by atoms with van der Waals surface area (Å²) in [4.78, 5) is 0. The fourth-order valence-corrected chi connectivity index (χ4v) is 0.943. The van der Waals surface area contributed by atoms with Crippen molar-refractivity contribution in [2.75, 3.05) is 11.9 Å². The molecule has 0 aliphatic rings. The topological polar surface area (TPSA) is 12.0 Å². The highest BCUT2D eigenvalue weighted by Gasteiger charge is 2.05. The van der Waals surface area contributed by atoms with E-state index in [1.165, 1.54) is 17.7 Å². The largest absolute Gasteiger partial charge is 0.379 e. The predicted octanol–water partition coefficient (Wildman–Crippen LogP) is 3.13. The second-order valence-electron chi connectivity index (χ2n) is 2.34. The quantitative estimate of drug-likeness (QED) is 0.796. The van der Waals surface area contributed by atoms with E-state index in [9.17, 15) is 8.78 Å². The molecule has 0 amide bonds. The first-order valence-corrected chi connectivity index (χ1v) is 4.12. The molecule has 1 aromatic carbocycles. The minimum Gasteiger partial charge on any atom is -0.379 e. The molecule has 0 unspecified atom stereocenters. The van der Waals surface area contributed by atoms with E-state index in [0.29, 0.717) is 6.54 Å². The number of nitrogens with one attached hydrogen (secondary N) is 1. The summed E-state index contributed by atoms with van der Waals surface area (Å²) in [6.45, 7) is 0.365. The summed E-state index contributed by atoms with van der Waals surface area (Å²) in [6.07, 6.45) is 1.59. The van der Waals surface area contributed by atoms with Crippen LogP contribution in [0.15, 0.2) is 29.8 Å². The van der Waals surface area contributed by atoms with Crippen molar-refractivity contribution in [1.82, 2.24) is 0 Å². The Morgan fingerprint density at radius 1 is 1.38 bits per heavy atom. The fourth-order valence-electron chi connectivity index (χ4n) is 0.854. The van der Waals surface area contributed by atoms with Gasteiger partial charge < -0.3 is 5.32 Å². The van der Waals surface area contributed by atoms with Gasteiger partial charge in [-0.05, 0) is 12.1 Å². The molecular formula is C9H8ClF2N. The Balaban J connectivity index is 2.71. The third-order valence-corrected chi connectivity index (χ3v) is 1.63. The molecule has 0 atom stereocenters. The van der Waals surface area contributed by atoms with Gasteiger partial charge >= 0.3 is 0 Å². The van der Waals surface area contributed by atoms with Gasteiger partial charge in [0.1, 0.15) is 0 Å². The van der Waals surface area contributed by atoms with E-state index in [0.717, 1.165) is 6.07 Å². The maximum atomic E-state index is 12.9. The van der Waals surface area contributed by atoms with Gasteiger partial charge in [0.15, 0.2) is 11.6 Å². The van der Waals surface area contributed by atoms with E-state index >= 15 is 0 Å². The minimum atomic E-state index is -0.870. The summed E-state index contributed by atoms with van der Waals surface area (Å²) < 4.78 is 25.6. The Morgan fingerprint density at radius 2 is 2.15 bits per heavy atom. The van der Waals surface area contributed by atoms with Crippen molar-refractivity contribution in [3.63, 3.8) is 0 Å². The lowest BCUT2D eigenvalue weighted by atomic mass is 10.3. The lowest BCUT2D eigenvalue weighted by molar-refractivity contribution is 0.511. The van der Waals surface area contributed by atoms with Gasteiger partial charge in [0.2, 0.25) is 0 Å². The molecule has 0 bridgehead atoms. The fraction of sp³-hybridized carbons (Fsp3) is 0.111. The Bertz CT molecular complexity index is 312. The molecular weight excluding hydrogens is 196 g/mol. The third kappa shape index (κ3) is 2.70. The van der Waals surface area contributed by atoms with Gasteiger partial charge in [0, 0.05) is 12.1 Å². The zero-order chi connectivity index (χ0) is 9.68. The second kappa shape index (κ2) is 4.82. The van der Waals surface area contributed by atoms with Crippen LogP contribution < -0.4 is 5.32 Å². The Labute approximate surface area is 80.0 Å². The van der Waals surface area contributed by atoms with E-state index in [1.54, 1.807) is 6.08 Å². The number of benzene rings is 1. The van der Waals surface area contributed by atoms with Gasteiger partial charge in [-0.15, -0.1) is 0 Å². The molecule has 0 saturated heterocycles. The molecule has 0 spiro atoms. The van der Waals surface area contributed by atoms with Gasteiger partial charge in [-0.25, -0.2) is 8.78 Å². The molecule has 0 aliphatic heterocycles. The summed E-state index contributed by atoms with van der Waals surface area (Å²) >= 11 is 5.25. The van der Waals surface area contributed by atoms with Gasteiger partial charge in [-0.3, -0.25) is 0 Å². The molecule has 1 nitrogen and oxygen atoms in total. The highest BCUT2D eigenvalue weighted by Crippen LogP contribution is 2.15. The van der Waals surface area contributed by atoms with E-state index in [-0.39, 0.29) is 5.69 Å². The third-order valence-electron chi connectivity index (χ3n) is 1.45. The standard InChI is InChI=1S/C9H8ClF2N/c10-5-2-6-13-8-4-1-3-7(11)9(8)12/h1-5,13H,6H2/b5-2+. The highest BCUT2D eigenvalue weighted by molar-refractivity contribution is 6.25. The van der Waals surface area contributed by atoms with Crippen LogP contribution in [0, 0.1) is 11.6 Å². The van der Waals surface area contributed by atoms with Crippen LogP contribution in [0.3, 0.4) is 0 Å². The summed E-state index contributed by atoms with van der Waals surface area (Å²) in [5, 5.41) is 2.67. The molecule has 0 saturated carbocycles. The molecule has 0 aliphatic carbocycles. The number of hydrogen-bond acceptors (Lipinski definition) is 1. The zero-order valence-corrected chi connectivity index (χ0v) is 7.48. The monoisotopic (exact) mass is 203 g/mol. The zero-order valence-electron chi connectivity index (χ0n) is 6.73. The van der Waals surface area contributed by atoms with Crippen LogP contribution in [0.1, 0.15) is 0 Å². The highest BCUT2D eigenvalue weighted by atomic mass is 35.5. The van der Waals surface area contributed by atoms with Crippen molar-refractivity contribution in [2.24, 2.45) is 0 Å². The van der Waals surface area contributed by atoms with Crippen LogP contribution >= 0.6 is 11.6 Å². The van der Waals surface area contributed by atoms with Gasteiger partial charge in [-0.2, -0.15) is 0 Å². The van der Waals surface area contributed by atoms with Crippen molar-refractivity contribution >= 4 is 17.3 Å². The lowest BCUT2D eigenvalue weighted by Crippen LogP contribution is -2.01. The first kappa shape index (κ1) is 9.99. The average Bonchev–Trinajstić information content (AvgIpc) is 2.13. The summed E-state index contributed by atoms with van der Waals surface area (Å²) in [7, 11) is 0. The van der Waals surface area contributed by atoms with Crippen LogP contribution in [-0.4, -0.2) is 6.54 Å². The second-order valence-corrected chi connectivity index (χ2v) is 2.60.